The highest BCUT2D eigenvalue weighted by atomic mass is 19.1. The van der Waals surface area contributed by atoms with Gasteiger partial charge in [-0.05, 0) is 38.7 Å². The number of hydrogen-bond donors (Lipinski definition) is 1. The molecule has 1 aromatic rings. The molecule has 5 heteroatoms. The smallest absolute Gasteiger partial charge is 0.239 e. The van der Waals surface area contributed by atoms with Gasteiger partial charge in [0.25, 0.3) is 0 Å². The van der Waals surface area contributed by atoms with E-state index in [1.54, 1.807) is 24.0 Å². The number of halogens is 1. The Hall–Kier alpha value is -1.46. The molecule has 0 saturated carbocycles. The number of carbonyl (C=O) groups excluding carboxylic acids is 1. The van der Waals surface area contributed by atoms with Crippen LogP contribution >= 0.6 is 0 Å². The van der Waals surface area contributed by atoms with Crippen LogP contribution in [-0.4, -0.2) is 48.9 Å². The summed E-state index contributed by atoms with van der Waals surface area (Å²) in [5.41, 5.74) is 6.42. The normalized spacial score (nSPS) is 12.5. The topological polar surface area (TPSA) is 49.6 Å². The summed E-state index contributed by atoms with van der Waals surface area (Å²) in [6.45, 7) is 3.36. The number of carbonyl (C=O) groups is 1. The summed E-state index contributed by atoms with van der Waals surface area (Å²) in [6.07, 6.45) is 0. The number of benzene rings is 1. The molecular formula is C14H22FN3O. The number of likely N-dealkylation sites (N-methyl/N-ethyl adjacent to an activating group) is 1. The molecule has 0 aliphatic carbocycles. The molecule has 0 radical (unpaired) electrons. The summed E-state index contributed by atoms with van der Waals surface area (Å²) < 4.78 is 13.2. The van der Waals surface area contributed by atoms with E-state index < -0.39 is 6.04 Å². The number of hydrogen-bond acceptors (Lipinski definition) is 3. The maximum atomic E-state index is 13.2. The van der Waals surface area contributed by atoms with Gasteiger partial charge < -0.3 is 15.5 Å². The molecule has 19 heavy (non-hydrogen) atoms. The van der Waals surface area contributed by atoms with Crippen LogP contribution < -0.4 is 5.73 Å². The summed E-state index contributed by atoms with van der Waals surface area (Å²) in [4.78, 5) is 15.7. The molecule has 1 aromatic carbocycles. The third-order valence-corrected chi connectivity index (χ3v) is 2.78. The highest BCUT2D eigenvalue weighted by Crippen LogP contribution is 2.08. The highest BCUT2D eigenvalue weighted by Gasteiger charge is 2.17. The van der Waals surface area contributed by atoms with Crippen molar-refractivity contribution in [1.29, 1.82) is 0 Å². The fourth-order valence-corrected chi connectivity index (χ4v) is 1.73. The zero-order valence-electron chi connectivity index (χ0n) is 11.8. The van der Waals surface area contributed by atoms with E-state index in [4.69, 9.17) is 5.73 Å². The standard InChI is InChI=1S/C14H22FN3O/c1-11(16)14(19)18(8-7-17(2)3)10-12-5-4-6-13(15)9-12/h4-6,9,11H,7-8,10,16H2,1-3H3. The van der Waals surface area contributed by atoms with Crippen molar-refractivity contribution in [3.63, 3.8) is 0 Å². The lowest BCUT2D eigenvalue weighted by Gasteiger charge is -2.26. The molecule has 0 saturated heterocycles. The van der Waals surface area contributed by atoms with Crippen LogP contribution in [0.25, 0.3) is 0 Å². The number of rotatable bonds is 6. The van der Waals surface area contributed by atoms with Gasteiger partial charge in [-0.25, -0.2) is 4.39 Å². The third kappa shape index (κ3) is 5.36. The first kappa shape index (κ1) is 15.6. The molecule has 0 fully saturated rings. The summed E-state index contributed by atoms with van der Waals surface area (Å²) in [6, 6.07) is 5.74. The van der Waals surface area contributed by atoms with Crippen LogP contribution in [0.4, 0.5) is 4.39 Å². The van der Waals surface area contributed by atoms with E-state index >= 15 is 0 Å². The Morgan fingerprint density at radius 1 is 1.37 bits per heavy atom. The van der Waals surface area contributed by atoms with Crippen LogP contribution in [0.3, 0.4) is 0 Å². The molecule has 0 aromatic heterocycles. The van der Waals surface area contributed by atoms with Crippen LogP contribution in [0.15, 0.2) is 24.3 Å². The maximum Gasteiger partial charge on any atom is 0.239 e. The first-order valence-corrected chi connectivity index (χ1v) is 6.33. The van der Waals surface area contributed by atoms with Crippen molar-refractivity contribution < 1.29 is 9.18 Å². The van der Waals surface area contributed by atoms with Gasteiger partial charge in [0.2, 0.25) is 5.91 Å². The molecule has 1 amide bonds. The number of amides is 1. The molecule has 0 aliphatic rings. The molecule has 1 unspecified atom stereocenters. The van der Waals surface area contributed by atoms with E-state index in [0.717, 1.165) is 12.1 Å². The third-order valence-electron chi connectivity index (χ3n) is 2.78. The Labute approximate surface area is 114 Å². The van der Waals surface area contributed by atoms with Gasteiger partial charge in [-0.1, -0.05) is 12.1 Å². The second-order valence-electron chi connectivity index (χ2n) is 4.98. The Kier molecular flexibility index (Phi) is 5.92. The predicted molar refractivity (Wildman–Crippen MR) is 74.0 cm³/mol. The van der Waals surface area contributed by atoms with E-state index in [9.17, 15) is 9.18 Å². The van der Waals surface area contributed by atoms with Crippen molar-refractivity contribution in [2.75, 3.05) is 27.2 Å². The van der Waals surface area contributed by atoms with E-state index in [-0.39, 0.29) is 11.7 Å². The average Bonchev–Trinajstić information content (AvgIpc) is 2.33. The van der Waals surface area contributed by atoms with Crippen molar-refractivity contribution in [3.8, 4) is 0 Å². The van der Waals surface area contributed by atoms with Gasteiger partial charge in [0.1, 0.15) is 5.82 Å². The molecule has 0 aliphatic heterocycles. The van der Waals surface area contributed by atoms with Crippen molar-refractivity contribution in [2.24, 2.45) is 5.73 Å². The predicted octanol–water partition coefficient (Wildman–Crippen LogP) is 1.06. The monoisotopic (exact) mass is 267 g/mol. The summed E-state index contributed by atoms with van der Waals surface area (Å²) in [5.74, 6) is -0.413. The molecular weight excluding hydrogens is 245 g/mol. The number of nitrogens with two attached hydrogens (primary N) is 1. The van der Waals surface area contributed by atoms with Crippen LogP contribution in [0.2, 0.25) is 0 Å². The van der Waals surface area contributed by atoms with Gasteiger partial charge in [0.15, 0.2) is 0 Å². The molecule has 0 bridgehead atoms. The van der Waals surface area contributed by atoms with E-state index in [1.807, 2.05) is 19.0 Å². The second-order valence-corrected chi connectivity index (χ2v) is 4.98. The van der Waals surface area contributed by atoms with Gasteiger partial charge >= 0.3 is 0 Å². The molecule has 2 N–H and O–H groups in total. The lowest BCUT2D eigenvalue weighted by molar-refractivity contribution is -0.133. The largest absolute Gasteiger partial charge is 0.336 e. The van der Waals surface area contributed by atoms with Gasteiger partial charge in [0.05, 0.1) is 6.04 Å². The van der Waals surface area contributed by atoms with Crippen molar-refractivity contribution in [2.45, 2.75) is 19.5 Å². The van der Waals surface area contributed by atoms with Gasteiger partial charge in [-0.15, -0.1) is 0 Å². The van der Waals surface area contributed by atoms with E-state index in [1.165, 1.54) is 12.1 Å². The van der Waals surface area contributed by atoms with Crippen LogP contribution in [0, 0.1) is 5.82 Å². The van der Waals surface area contributed by atoms with Crippen LogP contribution in [-0.2, 0) is 11.3 Å². The van der Waals surface area contributed by atoms with Gasteiger partial charge in [-0.2, -0.15) is 0 Å². The molecule has 4 nitrogen and oxygen atoms in total. The first-order chi connectivity index (χ1) is 8.90. The fourth-order valence-electron chi connectivity index (χ4n) is 1.73. The van der Waals surface area contributed by atoms with E-state index in [0.29, 0.717) is 13.1 Å². The molecule has 106 valence electrons. The Bertz CT molecular complexity index is 421. The minimum Gasteiger partial charge on any atom is -0.336 e. The van der Waals surface area contributed by atoms with Crippen molar-refractivity contribution in [3.05, 3.63) is 35.6 Å². The first-order valence-electron chi connectivity index (χ1n) is 6.33. The molecule has 1 atom stereocenters. The Morgan fingerprint density at radius 3 is 2.58 bits per heavy atom. The lowest BCUT2D eigenvalue weighted by atomic mass is 10.2. The van der Waals surface area contributed by atoms with Gasteiger partial charge in [-0.3, -0.25) is 4.79 Å². The van der Waals surface area contributed by atoms with E-state index in [2.05, 4.69) is 0 Å². The minimum atomic E-state index is -0.546. The summed E-state index contributed by atoms with van der Waals surface area (Å²) in [5, 5.41) is 0. The summed E-state index contributed by atoms with van der Waals surface area (Å²) >= 11 is 0. The number of nitrogens with zero attached hydrogens (tertiary/aromatic N) is 2. The summed E-state index contributed by atoms with van der Waals surface area (Å²) in [7, 11) is 3.88. The van der Waals surface area contributed by atoms with Crippen LogP contribution in [0.5, 0.6) is 0 Å². The van der Waals surface area contributed by atoms with Crippen LogP contribution in [0.1, 0.15) is 12.5 Å². The molecule has 1 rings (SSSR count). The zero-order valence-corrected chi connectivity index (χ0v) is 11.8. The Morgan fingerprint density at radius 2 is 2.05 bits per heavy atom. The second kappa shape index (κ2) is 7.21. The average molecular weight is 267 g/mol. The van der Waals surface area contributed by atoms with Crippen molar-refractivity contribution >= 4 is 5.91 Å². The highest BCUT2D eigenvalue weighted by molar-refractivity contribution is 5.81. The Balaban J connectivity index is 2.76. The minimum absolute atomic E-state index is 0.119. The lowest BCUT2D eigenvalue weighted by Crippen LogP contribution is -2.44. The van der Waals surface area contributed by atoms with Gasteiger partial charge in [0, 0.05) is 19.6 Å². The molecule has 0 heterocycles. The maximum absolute atomic E-state index is 13.2. The quantitative estimate of drug-likeness (QED) is 0.838. The SMILES string of the molecule is CC(N)C(=O)N(CCN(C)C)Cc1cccc(F)c1. The fraction of sp³-hybridized carbons (Fsp3) is 0.500. The molecule has 0 spiro atoms. The van der Waals surface area contributed by atoms with Crippen molar-refractivity contribution in [1.82, 2.24) is 9.80 Å². The zero-order chi connectivity index (χ0) is 14.4.